The van der Waals surface area contributed by atoms with Gasteiger partial charge in [-0.25, -0.2) is 4.39 Å². The number of likely N-dealkylation sites (tertiary alicyclic amines) is 1. The van der Waals surface area contributed by atoms with Crippen molar-refractivity contribution in [1.82, 2.24) is 15.1 Å². The molecule has 1 saturated heterocycles. The van der Waals surface area contributed by atoms with Crippen LogP contribution >= 0.6 is 0 Å². The topological polar surface area (TPSA) is 52.7 Å². The molecule has 0 bridgehead atoms. The molecule has 1 aliphatic heterocycles. The number of benzene rings is 1. The van der Waals surface area contributed by atoms with Gasteiger partial charge in [0.15, 0.2) is 0 Å². The third-order valence-electron chi connectivity index (χ3n) is 4.72. The smallest absolute Gasteiger partial charge is 0.241 e. The Labute approximate surface area is 149 Å². The van der Waals surface area contributed by atoms with Crippen molar-refractivity contribution in [3.05, 3.63) is 35.6 Å². The highest BCUT2D eigenvalue weighted by Gasteiger charge is 2.24. The Morgan fingerprint density at radius 1 is 1.24 bits per heavy atom. The summed E-state index contributed by atoms with van der Waals surface area (Å²) in [5.74, 6) is 0.260. The van der Waals surface area contributed by atoms with Crippen molar-refractivity contribution in [3.8, 4) is 0 Å². The molecule has 0 radical (unpaired) electrons. The van der Waals surface area contributed by atoms with E-state index < -0.39 is 6.04 Å². The van der Waals surface area contributed by atoms with Gasteiger partial charge < -0.3 is 10.2 Å². The van der Waals surface area contributed by atoms with Gasteiger partial charge in [0, 0.05) is 26.1 Å². The number of rotatable bonds is 6. The van der Waals surface area contributed by atoms with Crippen LogP contribution < -0.4 is 5.32 Å². The van der Waals surface area contributed by atoms with Crippen LogP contribution in [-0.2, 0) is 9.59 Å². The second kappa shape index (κ2) is 8.94. The Morgan fingerprint density at radius 3 is 2.40 bits per heavy atom. The van der Waals surface area contributed by atoms with Gasteiger partial charge in [-0.1, -0.05) is 19.1 Å². The van der Waals surface area contributed by atoms with Crippen LogP contribution in [0.15, 0.2) is 24.3 Å². The minimum Gasteiger partial charge on any atom is -0.354 e. The van der Waals surface area contributed by atoms with E-state index in [0.29, 0.717) is 18.9 Å². The standard InChI is InChI=1S/C19H28FN3O2/c1-14-9-12-23(13-10-14)17(24)8-11-21-19(25)18(22(2)3)15-4-6-16(20)7-5-15/h4-7,14,18H,8-13H2,1-3H3,(H,21,25). The largest absolute Gasteiger partial charge is 0.354 e. The fourth-order valence-electron chi connectivity index (χ4n) is 3.13. The number of nitrogens with zero attached hydrogens (tertiary/aromatic N) is 2. The van der Waals surface area contributed by atoms with Crippen LogP contribution in [0.25, 0.3) is 0 Å². The Morgan fingerprint density at radius 2 is 1.84 bits per heavy atom. The Bertz CT molecular complexity index is 581. The first-order chi connectivity index (χ1) is 11.9. The summed E-state index contributed by atoms with van der Waals surface area (Å²) in [6.07, 6.45) is 2.40. The van der Waals surface area contributed by atoms with Gasteiger partial charge in [0.05, 0.1) is 0 Å². The number of nitrogens with one attached hydrogen (secondary N) is 1. The van der Waals surface area contributed by atoms with Crippen molar-refractivity contribution in [3.63, 3.8) is 0 Å². The van der Waals surface area contributed by atoms with E-state index in [1.807, 2.05) is 4.90 Å². The van der Waals surface area contributed by atoms with E-state index in [-0.39, 0.29) is 17.6 Å². The van der Waals surface area contributed by atoms with E-state index in [0.717, 1.165) is 31.5 Å². The second-order valence-electron chi connectivity index (χ2n) is 7.02. The first-order valence-electron chi connectivity index (χ1n) is 8.86. The lowest BCUT2D eigenvalue weighted by Crippen LogP contribution is -2.41. The predicted octanol–water partition coefficient (Wildman–Crippen LogP) is 2.19. The minimum absolute atomic E-state index is 0.0929. The van der Waals surface area contributed by atoms with Crippen molar-refractivity contribution in [2.24, 2.45) is 5.92 Å². The molecular weight excluding hydrogens is 321 g/mol. The maximum Gasteiger partial charge on any atom is 0.241 e. The van der Waals surface area contributed by atoms with E-state index >= 15 is 0 Å². The minimum atomic E-state index is -0.508. The van der Waals surface area contributed by atoms with Crippen LogP contribution in [0.5, 0.6) is 0 Å². The van der Waals surface area contributed by atoms with Gasteiger partial charge in [0.1, 0.15) is 11.9 Å². The number of carbonyl (C=O) groups is 2. The van der Waals surface area contributed by atoms with E-state index in [9.17, 15) is 14.0 Å². The number of hydrogen-bond donors (Lipinski definition) is 1. The first-order valence-corrected chi connectivity index (χ1v) is 8.86. The van der Waals surface area contributed by atoms with Crippen molar-refractivity contribution in [1.29, 1.82) is 0 Å². The Balaban J connectivity index is 1.85. The first kappa shape index (κ1) is 19.4. The van der Waals surface area contributed by atoms with Crippen LogP contribution in [-0.4, -0.2) is 55.3 Å². The molecule has 0 aliphatic carbocycles. The molecule has 2 amide bonds. The molecule has 6 heteroatoms. The van der Waals surface area contributed by atoms with Gasteiger partial charge in [-0.2, -0.15) is 0 Å². The third-order valence-corrected chi connectivity index (χ3v) is 4.72. The summed E-state index contributed by atoms with van der Waals surface area (Å²) in [4.78, 5) is 28.4. The van der Waals surface area contributed by atoms with Crippen LogP contribution in [0.2, 0.25) is 0 Å². The average molecular weight is 349 g/mol. The predicted molar refractivity (Wildman–Crippen MR) is 95.4 cm³/mol. The fraction of sp³-hybridized carbons (Fsp3) is 0.579. The lowest BCUT2D eigenvalue weighted by Gasteiger charge is -2.30. The Hall–Kier alpha value is -1.95. The van der Waals surface area contributed by atoms with Crippen molar-refractivity contribution < 1.29 is 14.0 Å². The molecule has 0 saturated carbocycles. The molecule has 5 nitrogen and oxygen atoms in total. The number of halogens is 1. The molecular formula is C19H28FN3O2. The highest BCUT2D eigenvalue weighted by molar-refractivity contribution is 5.84. The van der Waals surface area contributed by atoms with Crippen molar-refractivity contribution in [2.75, 3.05) is 33.7 Å². The molecule has 1 atom stereocenters. The van der Waals surface area contributed by atoms with E-state index in [2.05, 4.69) is 12.2 Å². The number of hydrogen-bond acceptors (Lipinski definition) is 3. The van der Waals surface area contributed by atoms with E-state index in [1.165, 1.54) is 12.1 Å². The van der Waals surface area contributed by atoms with Gasteiger partial charge in [-0.05, 0) is 50.6 Å². The van der Waals surface area contributed by atoms with Crippen LogP contribution in [0.1, 0.15) is 37.8 Å². The summed E-state index contributed by atoms with van der Waals surface area (Å²) in [5, 5.41) is 2.83. The molecule has 1 aromatic rings. The number of likely N-dealkylation sites (N-methyl/N-ethyl adjacent to an activating group) is 1. The molecule has 2 rings (SSSR count). The average Bonchev–Trinajstić information content (AvgIpc) is 2.57. The second-order valence-corrected chi connectivity index (χ2v) is 7.02. The van der Waals surface area contributed by atoms with Gasteiger partial charge in [0.25, 0.3) is 0 Å². The third kappa shape index (κ3) is 5.53. The zero-order valence-electron chi connectivity index (χ0n) is 15.3. The van der Waals surface area contributed by atoms with Gasteiger partial charge in [0.2, 0.25) is 11.8 Å². The molecule has 1 aliphatic rings. The molecule has 0 aromatic heterocycles. The fourth-order valence-corrected chi connectivity index (χ4v) is 3.13. The molecule has 1 aromatic carbocycles. The Kier molecular flexibility index (Phi) is 6.93. The SMILES string of the molecule is CC1CCN(C(=O)CCNC(=O)C(c2ccc(F)cc2)N(C)C)CC1. The molecule has 138 valence electrons. The summed E-state index contributed by atoms with van der Waals surface area (Å²) in [5.41, 5.74) is 0.722. The number of amides is 2. The van der Waals surface area contributed by atoms with Crippen LogP contribution in [0, 0.1) is 11.7 Å². The van der Waals surface area contributed by atoms with Gasteiger partial charge in [-0.3, -0.25) is 14.5 Å². The molecule has 0 spiro atoms. The zero-order chi connectivity index (χ0) is 18.4. The molecule has 25 heavy (non-hydrogen) atoms. The number of carbonyl (C=O) groups excluding carboxylic acids is 2. The summed E-state index contributed by atoms with van der Waals surface area (Å²) in [7, 11) is 3.60. The molecule has 1 unspecified atom stereocenters. The summed E-state index contributed by atoms with van der Waals surface area (Å²) < 4.78 is 13.1. The summed E-state index contributed by atoms with van der Waals surface area (Å²) in [6.45, 7) is 4.14. The highest BCUT2D eigenvalue weighted by atomic mass is 19.1. The van der Waals surface area contributed by atoms with Crippen LogP contribution in [0.3, 0.4) is 0 Å². The maximum absolute atomic E-state index is 13.1. The van der Waals surface area contributed by atoms with Gasteiger partial charge in [-0.15, -0.1) is 0 Å². The monoisotopic (exact) mass is 349 g/mol. The summed E-state index contributed by atoms with van der Waals surface area (Å²) >= 11 is 0. The van der Waals surface area contributed by atoms with Crippen LogP contribution in [0.4, 0.5) is 4.39 Å². The molecule has 1 fully saturated rings. The summed E-state index contributed by atoms with van der Waals surface area (Å²) in [6, 6.07) is 5.41. The number of piperidine rings is 1. The quantitative estimate of drug-likeness (QED) is 0.857. The molecule has 1 heterocycles. The van der Waals surface area contributed by atoms with Gasteiger partial charge >= 0.3 is 0 Å². The lowest BCUT2D eigenvalue weighted by molar-refractivity contribution is -0.132. The normalized spacial score (nSPS) is 16.8. The van der Waals surface area contributed by atoms with E-state index in [1.54, 1.807) is 31.1 Å². The molecule has 1 N–H and O–H groups in total. The maximum atomic E-state index is 13.1. The van der Waals surface area contributed by atoms with Crippen molar-refractivity contribution in [2.45, 2.75) is 32.2 Å². The van der Waals surface area contributed by atoms with Crippen molar-refractivity contribution >= 4 is 11.8 Å². The van der Waals surface area contributed by atoms with E-state index in [4.69, 9.17) is 0 Å². The lowest BCUT2D eigenvalue weighted by atomic mass is 9.99. The highest BCUT2D eigenvalue weighted by Crippen LogP contribution is 2.19. The zero-order valence-corrected chi connectivity index (χ0v) is 15.3.